The lowest BCUT2D eigenvalue weighted by Gasteiger charge is -2.36. The Morgan fingerprint density at radius 2 is 1.73 bits per heavy atom. The van der Waals surface area contributed by atoms with Crippen LogP contribution in [0.1, 0.15) is 23.6 Å². The number of rotatable bonds is 2. The molecule has 30 heavy (non-hydrogen) atoms. The van der Waals surface area contributed by atoms with Crippen molar-refractivity contribution < 1.29 is 14.4 Å². The molecule has 2 saturated heterocycles. The van der Waals surface area contributed by atoms with E-state index >= 15 is 0 Å². The second kappa shape index (κ2) is 6.54. The molecule has 2 aromatic carbocycles. The Kier molecular flexibility index (Phi) is 4.16. The fourth-order valence-electron chi connectivity index (χ4n) is 5.23. The molecule has 3 aliphatic heterocycles. The number of hydrogen-bond donors (Lipinski definition) is 0. The van der Waals surface area contributed by atoms with Gasteiger partial charge in [-0.15, -0.1) is 0 Å². The Morgan fingerprint density at radius 3 is 2.47 bits per heavy atom. The van der Waals surface area contributed by atoms with E-state index in [1.54, 1.807) is 25.1 Å². The summed E-state index contributed by atoms with van der Waals surface area (Å²) in [7, 11) is 0. The van der Waals surface area contributed by atoms with E-state index in [0.717, 1.165) is 16.8 Å². The molecule has 3 heterocycles. The summed E-state index contributed by atoms with van der Waals surface area (Å²) in [5.74, 6) is -2.02. The second-order valence-electron chi connectivity index (χ2n) is 8.32. The Bertz CT molecular complexity index is 1160. The Morgan fingerprint density at radius 1 is 1.00 bits per heavy atom. The summed E-state index contributed by atoms with van der Waals surface area (Å²) in [5.41, 5.74) is 4.19. The number of Topliss-reactive ketones (excluding diaryl/α,β-unsaturated/α-hetero) is 1. The topological polar surface area (TPSA) is 57.7 Å². The second-order valence-corrected chi connectivity index (χ2v) is 8.73. The first-order chi connectivity index (χ1) is 14.3. The number of imide groups is 1. The minimum Gasteiger partial charge on any atom is -0.353 e. The smallest absolute Gasteiger partial charge is 0.240 e. The van der Waals surface area contributed by atoms with E-state index in [-0.39, 0.29) is 23.6 Å². The number of anilines is 2. The van der Waals surface area contributed by atoms with Crippen molar-refractivity contribution >= 4 is 46.6 Å². The van der Waals surface area contributed by atoms with Crippen LogP contribution in [0.2, 0.25) is 5.02 Å². The first kappa shape index (κ1) is 19.1. The van der Waals surface area contributed by atoms with Gasteiger partial charge in [0, 0.05) is 10.7 Å². The van der Waals surface area contributed by atoms with Gasteiger partial charge < -0.3 is 4.90 Å². The van der Waals surface area contributed by atoms with Crippen LogP contribution in [0.4, 0.5) is 11.4 Å². The van der Waals surface area contributed by atoms with E-state index in [9.17, 15) is 14.4 Å². The fourth-order valence-corrected chi connectivity index (χ4v) is 5.40. The van der Waals surface area contributed by atoms with E-state index in [4.69, 9.17) is 11.6 Å². The SMILES string of the molecule is CC(=O)[C@@H]1[C@@H]2C(=O)N(c3cccc(Cl)c3C)C(=O)[C@H]2[C@@H]2C=Cc3cc(C)ccc3N12. The predicted molar refractivity (Wildman–Crippen MR) is 117 cm³/mol. The number of halogens is 1. The summed E-state index contributed by atoms with van der Waals surface area (Å²) < 4.78 is 0. The lowest BCUT2D eigenvalue weighted by atomic mass is 9.88. The van der Waals surface area contributed by atoms with Crippen molar-refractivity contribution in [2.45, 2.75) is 32.9 Å². The molecule has 5 rings (SSSR count). The molecule has 2 amide bonds. The molecule has 4 atom stereocenters. The predicted octanol–water partition coefficient (Wildman–Crippen LogP) is 3.94. The van der Waals surface area contributed by atoms with Crippen LogP contribution in [-0.4, -0.2) is 29.7 Å². The Hall–Kier alpha value is -2.92. The van der Waals surface area contributed by atoms with E-state index in [1.165, 1.54) is 11.8 Å². The molecule has 0 radical (unpaired) electrons. The van der Waals surface area contributed by atoms with Crippen LogP contribution in [-0.2, 0) is 14.4 Å². The van der Waals surface area contributed by atoms with Crippen molar-refractivity contribution in [1.82, 2.24) is 0 Å². The van der Waals surface area contributed by atoms with Crippen LogP contribution in [0.15, 0.2) is 42.5 Å². The van der Waals surface area contributed by atoms with E-state index < -0.39 is 17.9 Å². The number of ketones is 1. The first-order valence-corrected chi connectivity index (χ1v) is 10.4. The molecule has 0 bridgehead atoms. The van der Waals surface area contributed by atoms with Gasteiger partial charge in [-0.1, -0.05) is 41.4 Å². The number of aryl methyl sites for hydroxylation is 1. The largest absolute Gasteiger partial charge is 0.353 e. The number of amides is 2. The van der Waals surface area contributed by atoms with E-state index in [0.29, 0.717) is 16.3 Å². The molecule has 0 unspecified atom stereocenters. The summed E-state index contributed by atoms with van der Waals surface area (Å²) in [6, 6.07) is 10.2. The third-order valence-electron chi connectivity index (χ3n) is 6.56. The van der Waals surface area contributed by atoms with Gasteiger partial charge in [-0.2, -0.15) is 0 Å². The van der Waals surface area contributed by atoms with Crippen molar-refractivity contribution in [3.63, 3.8) is 0 Å². The maximum atomic E-state index is 13.5. The van der Waals surface area contributed by atoms with Gasteiger partial charge in [-0.05, 0) is 56.2 Å². The number of fused-ring (bicyclic) bond motifs is 5. The highest BCUT2D eigenvalue weighted by Gasteiger charge is 2.63. The molecular formula is C24H21ClN2O3. The summed E-state index contributed by atoms with van der Waals surface area (Å²) in [5, 5.41) is 0.497. The highest BCUT2D eigenvalue weighted by Crippen LogP contribution is 2.49. The molecular weight excluding hydrogens is 400 g/mol. The number of benzene rings is 2. The minimum absolute atomic E-state index is 0.111. The molecule has 0 aromatic heterocycles. The zero-order chi connectivity index (χ0) is 21.3. The molecule has 0 spiro atoms. The fraction of sp³-hybridized carbons (Fsp3) is 0.292. The van der Waals surface area contributed by atoms with Gasteiger partial charge in [0.05, 0.1) is 23.6 Å². The van der Waals surface area contributed by atoms with Crippen molar-refractivity contribution in [1.29, 1.82) is 0 Å². The van der Waals surface area contributed by atoms with Crippen LogP contribution >= 0.6 is 11.6 Å². The number of hydrogen-bond acceptors (Lipinski definition) is 4. The Balaban J connectivity index is 1.64. The molecule has 2 aromatic rings. The number of nitrogens with zero attached hydrogens (tertiary/aromatic N) is 2. The highest BCUT2D eigenvalue weighted by atomic mass is 35.5. The highest BCUT2D eigenvalue weighted by molar-refractivity contribution is 6.32. The summed E-state index contributed by atoms with van der Waals surface area (Å²) in [6.07, 6.45) is 3.95. The number of carbonyl (C=O) groups is 3. The van der Waals surface area contributed by atoms with Crippen molar-refractivity contribution in [2.75, 3.05) is 9.80 Å². The zero-order valence-electron chi connectivity index (χ0n) is 16.9. The summed E-state index contributed by atoms with van der Waals surface area (Å²) in [4.78, 5) is 43.1. The first-order valence-electron chi connectivity index (χ1n) is 10.0. The summed E-state index contributed by atoms with van der Waals surface area (Å²) in [6.45, 7) is 5.31. The molecule has 152 valence electrons. The number of carbonyl (C=O) groups excluding carboxylic acids is 3. The van der Waals surface area contributed by atoms with Crippen molar-refractivity contribution in [3.8, 4) is 0 Å². The van der Waals surface area contributed by atoms with Crippen LogP contribution < -0.4 is 9.80 Å². The third-order valence-corrected chi connectivity index (χ3v) is 6.97. The maximum absolute atomic E-state index is 13.5. The van der Waals surface area contributed by atoms with E-state index in [2.05, 4.69) is 6.07 Å². The van der Waals surface area contributed by atoms with Crippen LogP contribution in [0, 0.1) is 25.7 Å². The molecule has 0 aliphatic carbocycles. The van der Waals surface area contributed by atoms with Crippen LogP contribution in [0.3, 0.4) is 0 Å². The molecule has 0 N–H and O–H groups in total. The lowest BCUT2D eigenvalue weighted by Crippen LogP contribution is -2.48. The monoisotopic (exact) mass is 420 g/mol. The molecule has 5 nitrogen and oxygen atoms in total. The van der Waals surface area contributed by atoms with Crippen LogP contribution in [0.25, 0.3) is 6.08 Å². The molecule has 6 heteroatoms. The minimum atomic E-state index is -0.713. The lowest BCUT2D eigenvalue weighted by molar-refractivity contribution is -0.126. The molecule has 0 saturated carbocycles. The summed E-state index contributed by atoms with van der Waals surface area (Å²) >= 11 is 6.24. The van der Waals surface area contributed by atoms with Gasteiger partial charge in [0.2, 0.25) is 11.8 Å². The average molecular weight is 421 g/mol. The standard InChI is InChI=1S/C24H21ClN2O3/c1-12-7-9-18-15(11-12)8-10-19-20-21(22(14(3)28)26(18)19)24(30)27(23(20)29)17-6-4-5-16(25)13(17)2/h4-11,19-22H,1-3H3/t19-,20-,21+,22+/m0/s1. The molecule has 3 aliphatic rings. The van der Waals surface area contributed by atoms with E-state index in [1.807, 2.05) is 36.1 Å². The van der Waals surface area contributed by atoms with Gasteiger partial charge >= 0.3 is 0 Å². The van der Waals surface area contributed by atoms with Crippen LogP contribution in [0.5, 0.6) is 0 Å². The van der Waals surface area contributed by atoms with Gasteiger partial charge in [-0.3, -0.25) is 14.4 Å². The zero-order valence-corrected chi connectivity index (χ0v) is 17.7. The van der Waals surface area contributed by atoms with Gasteiger partial charge in [0.1, 0.15) is 6.04 Å². The van der Waals surface area contributed by atoms with Gasteiger partial charge in [-0.25, -0.2) is 4.90 Å². The average Bonchev–Trinajstić information content (AvgIpc) is 3.17. The quantitative estimate of drug-likeness (QED) is 0.690. The van der Waals surface area contributed by atoms with Crippen molar-refractivity contribution in [3.05, 3.63) is 64.2 Å². The van der Waals surface area contributed by atoms with Crippen molar-refractivity contribution in [2.24, 2.45) is 11.8 Å². The normalized spacial score (nSPS) is 26.7. The molecule has 2 fully saturated rings. The van der Waals surface area contributed by atoms with Gasteiger partial charge in [0.25, 0.3) is 0 Å². The Labute approximate surface area is 179 Å². The van der Waals surface area contributed by atoms with Gasteiger partial charge in [0.15, 0.2) is 5.78 Å². The third kappa shape index (κ3) is 2.45. The maximum Gasteiger partial charge on any atom is 0.240 e.